The first-order valence-corrected chi connectivity index (χ1v) is 6.56. The Labute approximate surface area is 129 Å². The van der Waals surface area contributed by atoms with Crippen molar-refractivity contribution in [3.05, 3.63) is 70.2 Å². The number of aldehydes is 1. The van der Waals surface area contributed by atoms with Crippen LogP contribution in [0.25, 0.3) is 22.8 Å². The minimum atomic E-state index is -0.565. The van der Waals surface area contributed by atoms with Crippen LogP contribution in [-0.4, -0.2) is 16.2 Å². The van der Waals surface area contributed by atoms with Crippen molar-refractivity contribution >= 4 is 12.0 Å². The highest BCUT2D eigenvalue weighted by Crippen LogP contribution is 2.34. The molecule has 0 amide bonds. The monoisotopic (exact) mass is 312 g/mol. The van der Waals surface area contributed by atoms with Gasteiger partial charge in [-0.3, -0.25) is 14.9 Å². The van der Waals surface area contributed by atoms with Gasteiger partial charge in [0.25, 0.3) is 5.69 Å². The molecule has 23 heavy (non-hydrogen) atoms. The zero-order valence-electron chi connectivity index (χ0n) is 11.6. The molecule has 7 heteroatoms. The molecule has 0 aliphatic carbocycles. The number of hydrogen-bond acceptors (Lipinski definition) is 5. The van der Waals surface area contributed by atoms with Gasteiger partial charge in [-0.15, -0.1) is 0 Å². The number of nitro benzene ring substituents is 1. The number of halogens is 1. The number of carbonyl (C=O) groups is 1. The lowest BCUT2D eigenvalue weighted by molar-refractivity contribution is -0.384. The number of para-hydroxylation sites is 1. The summed E-state index contributed by atoms with van der Waals surface area (Å²) < 4.78 is 18.5. The maximum Gasteiger partial charge on any atom is 0.280 e. The van der Waals surface area contributed by atoms with E-state index in [1.54, 1.807) is 6.07 Å². The molecule has 0 atom stereocenters. The van der Waals surface area contributed by atoms with E-state index in [1.165, 1.54) is 42.5 Å². The molecule has 2 aromatic carbocycles. The SMILES string of the molecule is O=Cc1nc(-c2ccc(F)cc2)oc1-c1ccccc1[N+](=O)[O-]. The standard InChI is InChI=1S/C16H9FN2O4/c17-11-7-5-10(6-8-11)16-18-13(9-20)15(23-16)12-3-1-2-4-14(12)19(21)22/h1-9H. The van der Waals surface area contributed by atoms with Crippen molar-refractivity contribution < 1.29 is 18.5 Å². The van der Waals surface area contributed by atoms with Gasteiger partial charge in [-0.1, -0.05) is 12.1 Å². The molecule has 114 valence electrons. The highest BCUT2D eigenvalue weighted by molar-refractivity contribution is 5.86. The summed E-state index contributed by atoms with van der Waals surface area (Å²) in [5.41, 5.74) is 0.357. The summed E-state index contributed by atoms with van der Waals surface area (Å²) in [6.07, 6.45) is 0.461. The summed E-state index contributed by atoms with van der Waals surface area (Å²) in [6, 6.07) is 11.2. The minimum absolute atomic E-state index is 0.00613. The molecule has 0 fully saturated rings. The third kappa shape index (κ3) is 2.71. The van der Waals surface area contributed by atoms with E-state index in [1.807, 2.05) is 0 Å². The van der Waals surface area contributed by atoms with Crippen molar-refractivity contribution in [1.29, 1.82) is 0 Å². The van der Waals surface area contributed by atoms with Crippen LogP contribution in [0.5, 0.6) is 0 Å². The molecule has 1 aromatic heterocycles. The first kappa shape index (κ1) is 14.6. The molecular formula is C16H9FN2O4. The van der Waals surface area contributed by atoms with Gasteiger partial charge in [-0.2, -0.15) is 0 Å². The van der Waals surface area contributed by atoms with E-state index in [-0.39, 0.29) is 28.6 Å². The molecule has 0 spiro atoms. The van der Waals surface area contributed by atoms with E-state index < -0.39 is 10.7 Å². The minimum Gasteiger partial charge on any atom is -0.435 e. The lowest BCUT2D eigenvalue weighted by atomic mass is 10.1. The normalized spacial score (nSPS) is 10.5. The van der Waals surface area contributed by atoms with Crippen LogP contribution in [0.3, 0.4) is 0 Å². The molecule has 0 N–H and O–H groups in total. The van der Waals surface area contributed by atoms with Gasteiger partial charge in [0.1, 0.15) is 5.82 Å². The van der Waals surface area contributed by atoms with E-state index in [2.05, 4.69) is 4.98 Å². The summed E-state index contributed by atoms with van der Waals surface area (Å²) >= 11 is 0. The third-order valence-corrected chi connectivity index (χ3v) is 3.20. The third-order valence-electron chi connectivity index (χ3n) is 3.20. The molecule has 3 aromatic rings. The number of hydrogen-bond donors (Lipinski definition) is 0. The Morgan fingerprint density at radius 2 is 1.83 bits per heavy atom. The summed E-state index contributed by atoms with van der Waals surface area (Å²) in [5.74, 6) is -0.332. The summed E-state index contributed by atoms with van der Waals surface area (Å²) in [4.78, 5) is 25.8. The van der Waals surface area contributed by atoms with Crippen molar-refractivity contribution in [1.82, 2.24) is 4.98 Å². The average molecular weight is 312 g/mol. The molecule has 0 aliphatic rings. The lowest BCUT2D eigenvalue weighted by Gasteiger charge is -1.99. The maximum atomic E-state index is 13.0. The highest BCUT2D eigenvalue weighted by atomic mass is 19.1. The fourth-order valence-electron chi connectivity index (χ4n) is 2.15. The van der Waals surface area contributed by atoms with E-state index in [0.717, 1.165) is 0 Å². The number of nitro groups is 1. The first-order chi connectivity index (χ1) is 11.1. The molecule has 1 heterocycles. The molecule has 0 saturated carbocycles. The van der Waals surface area contributed by atoms with E-state index in [0.29, 0.717) is 11.8 Å². The van der Waals surface area contributed by atoms with Crippen LogP contribution in [-0.2, 0) is 0 Å². The molecule has 3 rings (SSSR count). The van der Waals surface area contributed by atoms with Crippen LogP contribution in [0.4, 0.5) is 10.1 Å². The predicted octanol–water partition coefficient (Wildman–Crippen LogP) is 3.87. The predicted molar refractivity (Wildman–Crippen MR) is 79.4 cm³/mol. The van der Waals surface area contributed by atoms with Gasteiger partial charge in [-0.05, 0) is 30.3 Å². The number of rotatable bonds is 4. The van der Waals surface area contributed by atoms with Crippen LogP contribution in [0.1, 0.15) is 10.5 Å². The highest BCUT2D eigenvalue weighted by Gasteiger charge is 2.23. The lowest BCUT2D eigenvalue weighted by Crippen LogP contribution is -1.92. The Balaban J connectivity index is 2.16. The Kier molecular flexibility index (Phi) is 3.68. The second-order valence-electron chi connectivity index (χ2n) is 4.63. The molecule has 0 saturated heterocycles. The van der Waals surface area contributed by atoms with Crippen LogP contribution >= 0.6 is 0 Å². The first-order valence-electron chi connectivity index (χ1n) is 6.56. The van der Waals surface area contributed by atoms with Gasteiger partial charge in [-0.25, -0.2) is 9.37 Å². The Bertz CT molecular complexity index is 887. The molecular weight excluding hydrogens is 303 g/mol. The zero-order chi connectivity index (χ0) is 16.4. The van der Waals surface area contributed by atoms with Crippen molar-refractivity contribution in [2.45, 2.75) is 0 Å². The fourth-order valence-corrected chi connectivity index (χ4v) is 2.15. The summed E-state index contributed by atoms with van der Waals surface area (Å²) in [7, 11) is 0. The maximum absolute atomic E-state index is 13.0. The van der Waals surface area contributed by atoms with Gasteiger partial charge in [0.15, 0.2) is 17.7 Å². The zero-order valence-corrected chi connectivity index (χ0v) is 11.6. The van der Waals surface area contributed by atoms with Gasteiger partial charge in [0, 0.05) is 11.6 Å². The van der Waals surface area contributed by atoms with Crippen LogP contribution in [0.2, 0.25) is 0 Å². The fraction of sp³-hybridized carbons (Fsp3) is 0. The second kappa shape index (κ2) is 5.80. The molecule has 0 radical (unpaired) electrons. The Morgan fingerprint density at radius 1 is 1.13 bits per heavy atom. The van der Waals surface area contributed by atoms with Gasteiger partial charge >= 0.3 is 0 Å². The van der Waals surface area contributed by atoms with Gasteiger partial charge < -0.3 is 4.42 Å². The molecule has 0 bridgehead atoms. The van der Waals surface area contributed by atoms with E-state index >= 15 is 0 Å². The topological polar surface area (TPSA) is 86.2 Å². The number of oxazole rings is 1. The van der Waals surface area contributed by atoms with Crippen molar-refractivity contribution in [2.24, 2.45) is 0 Å². The van der Waals surface area contributed by atoms with E-state index in [4.69, 9.17) is 4.42 Å². The van der Waals surface area contributed by atoms with Crippen LogP contribution in [0.15, 0.2) is 52.9 Å². The van der Waals surface area contributed by atoms with Crippen LogP contribution < -0.4 is 0 Å². The number of benzene rings is 2. The summed E-state index contributed by atoms with van der Waals surface area (Å²) in [6.45, 7) is 0. The smallest absolute Gasteiger partial charge is 0.280 e. The summed E-state index contributed by atoms with van der Waals surface area (Å²) in [5, 5.41) is 11.1. The number of carbonyl (C=O) groups excluding carboxylic acids is 1. The largest absolute Gasteiger partial charge is 0.435 e. The average Bonchev–Trinajstić information content (AvgIpc) is 2.99. The van der Waals surface area contributed by atoms with Crippen LogP contribution in [0, 0.1) is 15.9 Å². The van der Waals surface area contributed by atoms with Gasteiger partial charge in [0.2, 0.25) is 5.89 Å². The molecule has 0 unspecified atom stereocenters. The van der Waals surface area contributed by atoms with Crippen molar-refractivity contribution in [3.63, 3.8) is 0 Å². The second-order valence-corrected chi connectivity index (χ2v) is 4.63. The van der Waals surface area contributed by atoms with E-state index in [9.17, 15) is 19.3 Å². The van der Waals surface area contributed by atoms with Crippen molar-refractivity contribution in [3.8, 4) is 22.8 Å². The van der Waals surface area contributed by atoms with Gasteiger partial charge in [0.05, 0.1) is 10.5 Å². The number of aromatic nitrogens is 1. The molecule has 6 nitrogen and oxygen atoms in total. The Hall–Kier alpha value is -3.35. The molecule has 0 aliphatic heterocycles. The quantitative estimate of drug-likeness (QED) is 0.414. The van der Waals surface area contributed by atoms with Crippen molar-refractivity contribution in [2.75, 3.05) is 0 Å². The number of nitrogens with zero attached hydrogens (tertiary/aromatic N) is 2. The Morgan fingerprint density at radius 3 is 2.48 bits per heavy atom.